The number of thioether (sulfide) groups is 1. The second-order valence-corrected chi connectivity index (χ2v) is 2.71. The third-order valence-electron chi connectivity index (χ3n) is 0.848. The summed E-state index contributed by atoms with van der Waals surface area (Å²) in [5.74, 6) is 1.28. The summed E-state index contributed by atoms with van der Waals surface area (Å²) in [4.78, 5) is 0. The van der Waals surface area contributed by atoms with Crippen molar-refractivity contribution in [2.24, 2.45) is 0 Å². The van der Waals surface area contributed by atoms with Crippen LogP contribution in [0.25, 0.3) is 0 Å². The Morgan fingerprint density at radius 2 is 2.25 bits per heavy atom. The predicted molar refractivity (Wildman–Crippen MR) is 42.2 cm³/mol. The van der Waals surface area contributed by atoms with Crippen molar-refractivity contribution in [3.63, 3.8) is 0 Å². The first-order valence-corrected chi connectivity index (χ1v) is 4.19. The monoisotopic (exact) mass is 130 g/mol. The summed E-state index contributed by atoms with van der Waals surface area (Å²) in [7, 11) is 0. The lowest BCUT2D eigenvalue weighted by molar-refractivity contribution is 0.898. The zero-order valence-corrected chi connectivity index (χ0v) is 6.50. The summed E-state index contributed by atoms with van der Waals surface area (Å²) >= 11 is 1.90. The molecular weight excluding hydrogens is 116 g/mol. The first-order valence-electron chi connectivity index (χ1n) is 3.14. The van der Waals surface area contributed by atoms with Gasteiger partial charge in [0, 0.05) is 0 Å². The van der Waals surface area contributed by atoms with E-state index in [1.807, 2.05) is 11.8 Å². The fraction of sp³-hybridized carbons (Fsp3) is 0.714. The van der Waals surface area contributed by atoms with Crippen LogP contribution < -0.4 is 0 Å². The molecule has 48 valence electrons. The van der Waals surface area contributed by atoms with Crippen molar-refractivity contribution in [1.82, 2.24) is 0 Å². The standard InChI is InChI=1S/C7H14S/c1-3-5-7-8-6-4-2/h4,6H,3,5,7H2,1-2H3/b6-4-. The van der Waals surface area contributed by atoms with Crippen molar-refractivity contribution in [1.29, 1.82) is 0 Å². The zero-order chi connectivity index (χ0) is 6.24. The zero-order valence-electron chi connectivity index (χ0n) is 5.68. The highest BCUT2D eigenvalue weighted by molar-refractivity contribution is 8.02. The Bertz CT molecular complexity index is 57.4. The highest BCUT2D eigenvalue weighted by Gasteiger charge is 1.78. The molecule has 0 amide bonds. The van der Waals surface area contributed by atoms with Crippen LogP contribution in [0, 0.1) is 0 Å². The lowest BCUT2D eigenvalue weighted by Gasteiger charge is -1.88. The van der Waals surface area contributed by atoms with Crippen LogP contribution in [0.15, 0.2) is 11.5 Å². The molecule has 0 aliphatic rings. The number of unbranched alkanes of at least 4 members (excludes halogenated alkanes) is 1. The lowest BCUT2D eigenvalue weighted by atomic mass is 10.4. The fourth-order valence-electron chi connectivity index (χ4n) is 0.392. The second kappa shape index (κ2) is 7.09. The Hall–Kier alpha value is 0.0900. The van der Waals surface area contributed by atoms with Gasteiger partial charge in [0.05, 0.1) is 0 Å². The van der Waals surface area contributed by atoms with Gasteiger partial charge < -0.3 is 0 Å². The molecule has 0 atom stereocenters. The molecule has 0 aliphatic carbocycles. The van der Waals surface area contributed by atoms with Crippen molar-refractivity contribution in [2.45, 2.75) is 26.7 Å². The molecule has 0 unspecified atom stereocenters. The van der Waals surface area contributed by atoms with Crippen LogP contribution in [0.1, 0.15) is 26.7 Å². The fourth-order valence-corrected chi connectivity index (χ4v) is 1.18. The van der Waals surface area contributed by atoms with Gasteiger partial charge in [0.1, 0.15) is 0 Å². The Morgan fingerprint density at radius 1 is 1.50 bits per heavy atom. The Kier molecular flexibility index (Phi) is 7.17. The van der Waals surface area contributed by atoms with Crippen molar-refractivity contribution in [3.8, 4) is 0 Å². The molecule has 0 nitrogen and oxygen atoms in total. The van der Waals surface area contributed by atoms with E-state index in [1.54, 1.807) is 0 Å². The smallest absolute Gasteiger partial charge is 0.00262 e. The van der Waals surface area contributed by atoms with Gasteiger partial charge in [-0.2, -0.15) is 0 Å². The van der Waals surface area contributed by atoms with Crippen LogP contribution in [0.5, 0.6) is 0 Å². The van der Waals surface area contributed by atoms with Gasteiger partial charge >= 0.3 is 0 Å². The van der Waals surface area contributed by atoms with Gasteiger partial charge in [-0.3, -0.25) is 0 Å². The molecule has 0 rings (SSSR count). The van der Waals surface area contributed by atoms with Crippen molar-refractivity contribution in [3.05, 3.63) is 11.5 Å². The van der Waals surface area contributed by atoms with E-state index < -0.39 is 0 Å². The number of hydrogen-bond donors (Lipinski definition) is 0. The van der Waals surface area contributed by atoms with E-state index in [-0.39, 0.29) is 0 Å². The topological polar surface area (TPSA) is 0 Å². The minimum absolute atomic E-state index is 1.28. The molecule has 0 aromatic rings. The summed E-state index contributed by atoms with van der Waals surface area (Å²) in [5, 5.41) is 2.15. The second-order valence-electron chi connectivity index (χ2n) is 1.69. The molecule has 0 aromatic heterocycles. The first kappa shape index (κ1) is 8.09. The van der Waals surface area contributed by atoms with E-state index >= 15 is 0 Å². The average Bonchev–Trinajstić information content (AvgIpc) is 1.81. The molecule has 0 radical (unpaired) electrons. The van der Waals surface area contributed by atoms with E-state index in [1.165, 1.54) is 18.6 Å². The lowest BCUT2D eigenvalue weighted by Crippen LogP contribution is -1.71. The van der Waals surface area contributed by atoms with Gasteiger partial charge in [-0.1, -0.05) is 19.4 Å². The van der Waals surface area contributed by atoms with E-state index in [4.69, 9.17) is 0 Å². The molecule has 0 saturated carbocycles. The van der Waals surface area contributed by atoms with Crippen LogP contribution >= 0.6 is 11.8 Å². The van der Waals surface area contributed by atoms with Crippen molar-refractivity contribution < 1.29 is 0 Å². The summed E-state index contributed by atoms with van der Waals surface area (Å²) in [5.41, 5.74) is 0. The molecule has 0 heterocycles. The van der Waals surface area contributed by atoms with Gasteiger partial charge in [0.25, 0.3) is 0 Å². The maximum Gasteiger partial charge on any atom is -0.00262 e. The highest BCUT2D eigenvalue weighted by Crippen LogP contribution is 2.04. The summed E-state index contributed by atoms with van der Waals surface area (Å²) in [6, 6.07) is 0. The summed E-state index contributed by atoms with van der Waals surface area (Å²) < 4.78 is 0. The summed E-state index contributed by atoms with van der Waals surface area (Å²) in [6.07, 6.45) is 4.74. The van der Waals surface area contributed by atoms with Crippen LogP contribution in [-0.4, -0.2) is 5.75 Å². The Balaban J connectivity index is 2.72. The van der Waals surface area contributed by atoms with Gasteiger partial charge in [-0.05, 0) is 24.5 Å². The van der Waals surface area contributed by atoms with Gasteiger partial charge in [0.15, 0.2) is 0 Å². The molecule has 0 aromatic carbocycles. The highest BCUT2D eigenvalue weighted by atomic mass is 32.2. The molecular formula is C7H14S. The predicted octanol–water partition coefficient (Wildman–Crippen LogP) is 3.05. The number of hydrogen-bond acceptors (Lipinski definition) is 1. The van der Waals surface area contributed by atoms with Gasteiger partial charge in [-0.15, -0.1) is 11.8 Å². The molecule has 1 heteroatoms. The first-order chi connectivity index (χ1) is 3.91. The maximum absolute atomic E-state index is 2.22. The summed E-state index contributed by atoms with van der Waals surface area (Å²) in [6.45, 7) is 4.27. The quantitative estimate of drug-likeness (QED) is 0.527. The Morgan fingerprint density at radius 3 is 2.75 bits per heavy atom. The average molecular weight is 130 g/mol. The van der Waals surface area contributed by atoms with Crippen molar-refractivity contribution >= 4 is 11.8 Å². The van der Waals surface area contributed by atoms with Crippen molar-refractivity contribution in [2.75, 3.05) is 5.75 Å². The van der Waals surface area contributed by atoms with Gasteiger partial charge in [-0.25, -0.2) is 0 Å². The molecule has 0 saturated heterocycles. The SMILES string of the molecule is C/C=C\SCCCC. The Labute approximate surface area is 56.4 Å². The normalized spacial score (nSPS) is 10.8. The third kappa shape index (κ3) is 6.09. The molecule has 8 heavy (non-hydrogen) atoms. The minimum Gasteiger partial charge on any atom is -0.134 e. The van der Waals surface area contributed by atoms with Crippen LogP contribution in [-0.2, 0) is 0 Å². The van der Waals surface area contributed by atoms with Gasteiger partial charge in [0.2, 0.25) is 0 Å². The number of allylic oxidation sites excluding steroid dienone is 1. The molecule has 0 fully saturated rings. The molecule has 0 bridgehead atoms. The third-order valence-corrected chi connectivity index (χ3v) is 1.84. The van der Waals surface area contributed by atoms with E-state index in [0.29, 0.717) is 0 Å². The minimum atomic E-state index is 1.28. The molecule has 0 spiro atoms. The largest absolute Gasteiger partial charge is 0.134 e. The number of rotatable bonds is 4. The van der Waals surface area contributed by atoms with E-state index in [0.717, 1.165) is 0 Å². The molecule has 0 N–H and O–H groups in total. The van der Waals surface area contributed by atoms with Crippen LogP contribution in [0.2, 0.25) is 0 Å². The molecule has 0 aliphatic heterocycles. The van der Waals surface area contributed by atoms with E-state index in [2.05, 4.69) is 25.3 Å². The maximum atomic E-state index is 2.22. The van der Waals surface area contributed by atoms with Crippen LogP contribution in [0.4, 0.5) is 0 Å². The van der Waals surface area contributed by atoms with Crippen LogP contribution in [0.3, 0.4) is 0 Å². The van der Waals surface area contributed by atoms with E-state index in [9.17, 15) is 0 Å².